The molecule has 0 aliphatic rings. The van der Waals surface area contributed by atoms with Crippen molar-refractivity contribution in [1.29, 1.82) is 0 Å². The first-order valence-electron chi connectivity index (χ1n) is 7.93. The SMILES string of the molecule is O=C(N/N=C\c1cccc(O)c1)c1ccc(CS(=O)(=O)c2ccccc2)o1. The number of carbonyl (C=O) groups is 1. The first kappa shape index (κ1) is 18.4. The van der Waals surface area contributed by atoms with Gasteiger partial charge in [0.15, 0.2) is 15.6 Å². The third-order valence-corrected chi connectivity index (χ3v) is 5.22. The number of rotatable bonds is 6. The van der Waals surface area contributed by atoms with Crippen molar-refractivity contribution in [2.45, 2.75) is 10.6 Å². The average Bonchev–Trinajstić information content (AvgIpc) is 3.10. The maximum atomic E-state index is 12.3. The molecule has 1 heterocycles. The number of benzene rings is 2. The van der Waals surface area contributed by atoms with E-state index in [1.54, 1.807) is 30.3 Å². The van der Waals surface area contributed by atoms with Crippen LogP contribution >= 0.6 is 0 Å². The first-order chi connectivity index (χ1) is 12.9. The van der Waals surface area contributed by atoms with Gasteiger partial charge in [0.25, 0.3) is 0 Å². The average molecular weight is 384 g/mol. The molecular weight excluding hydrogens is 368 g/mol. The third-order valence-electron chi connectivity index (χ3n) is 3.57. The molecule has 1 aromatic heterocycles. The maximum absolute atomic E-state index is 12.3. The number of phenolic OH excluding ortho intramolecular Hbond substituents is 1. The Balaban J connectivity index is 1.64. The normalized spacial score (nSPS) is 11.6. The summed E-state index contributed by atoms with van der Waals surface area (Å²) in [6.45, 7) is 0. The van der Waals surface area contributed by atoms with Crippen molar-refractivity contribution < 1.29 is 22.7 Å². The van der Waals surface area contributed by atoms with Gasteiger partial charge in [-0.25, -0.2) is 13.8 Å². The fourth-order valence-corrected chi connectivity index (χ4v) is 3.57. The first-order valence-corrected chi connectivity index (χ1v) is 9.58. The lowest BCUT2D eigenvalue weighted by Gasteiger charge is -2.02. The molecule has 0 atom stereocenters. The number of hydrogen-bond acceptors (Lipinski definition) is 6. The number of sulfone groups is 1. The van der Waals surface area contributed by atoms with Gasteiger partial charge in [0, 0.05) is 0 Å². The molecule has 3 rings (SSSR count). The summed E-state index contributed by atoms with van der Waals surface area (Å²) < 4.78 is 30.0. The van der Waals surface area contributed by atoms with E-state index in [-0.39, 0.29) is 27.9 Å². The van der Waals surface area contributed by atoms with Gasteiger partial charge in [-0.15, -0.1) is 0 Å². The van der Waals surface area contributed by atoms with Crippen molar-refractivity contribution in [2.24, 2.45) is 5.10 Å². The highest BCUT2D eigenvalue weighted by Crippen LogP contribution is 2.18. The summed E-state index contributed by atoms with van der Waals surface area (Å²) in [6, 6.07) is 17.2. The predicted molar refractivity (Wildman–Crippen MR) is 99.2 cm³/mol. The molecule has 2 aromatic carbocycles. The van der Waals surface area contributed by atoms with Crippen LogP contribution in [0.5, 0.6) is 5.75 Å². The second kappa shape index (κ2) is 7.88. The van der Waals surface area contributed by atoms with E-state index in [0.717, 1.165) is 0 Å². The zero-order valence-corrected chi connectivity index (χ0v) is 14.9. The van der Waals surface area contributed by atoms with Crippen molar-refractivity contribution >= 4 is 22.0 Å². The number of hydrogen-bond donors (Lipinski definition) is 2. The lowest BCUT2D eigenvalue weighted by atomic mass is 10.2. The zero-order chi connectivity index (χ0) is 19.3. The van der Waals surface area contributed by atoms with Gasteiger partial charge in [0.1, 0.15) is 17.3 Å². The van der Waals surface area contributed by atoms with Crippen LogP contribution in [0.1, 0.15) is 21.9 Å². The van der Waals surface area contributed by atoms with Crippen LogP contribution in [0.25, 0.3) is 0 Å². The van der Waals surface area contributed by atoms with Crippen LogP contribution in [0.2, 0.25) is 0 Å². The number of amides is 1. The number of furan rings is 1. The van der Waals surface area contributed by atoms with E-state index in [4.69, 9.17) is 4.42 Å². The van der Waals surface area contributed by atoms with E-state index in [9.17, 15) is 18.3 Å². The Morgan fingerprint density at radius 2 is 1.85 bits per heavy atom. The number of hydrazone groups is 1. The van der Waals surface area contributed by atoms with Crippen molar-refractivity contribution in [3.05, 3.63) is 83.8 Å². The maximum Gasteiger partial charge on any atom is 0.307 e. The van der Waals surface area contributed by atoms with E-state index in [2.05, 4.69) is 10.5 Å². The third kappa shape index (κ3) is 4.83. The molecule has 2 N–H and O–H groups in total. The van der Waals surface area contributed by atoms with E-state index in [1.807, 2.05) is 0 Å². The van der Waals surface area contributed by atoms with Crippen LogP contribution in [0.4, 0.5) is 0 Å². The Bertz CT molecular complexity index is 1070. The van der Waals surface area contributed by atoms with E-state index < -0.39 is 15.7 Å². The molecule has 0 saturated carbocycles. The molecule has 0 aliphatic heterocycles. The Hall–Kier alpha value is -3.39. The summed E-state index contributed by atoms with van der Waals surface area (Å²) in [5.74, 6) is -0.783. The highest BCUT2D eigenvalue weighted by atomic mass is 32.2. The number of carbonyl (C=O) groups excluding carboxylic acids is 1. The second-order valence-corrected chi connectivity index (χ2v) is 7.62. The molecule has 0 radical (unpaired) electrons. The van der Waals surface area contributed by atoms with E-state index >= 15 is 0 Å². The van der Waals surface area contributed by atoms with Gasteiger partial charge in [0.2, 0.25) is 0 Å². The number of nitrogens with zero attached hydrogens (tertiary/aromatic N) is 1. The van der Waals surface area contributed by atoms with Crippen molar-refractivity contribution in [3.63, 3.8) is 0 Å². The summed E-state index contributed by atoms with van der Waals surface area (Å²) in [5.41, 5.74) is 2.88. The number of nitrogens with one attached hydrogen (secondary N) is 1. The number of phenols is 1. The Labute approximate surface area is 155 Å². The molecule has 0 unspecified atom stereocenters. The molecule has 8 heteroatoms. The van der Waals surface area contributed by atoms with Gasteiger partial charge >= 0.3 is 5.91 Å². The molecule has 3 aromatic rings. The van der Waals surface area contributed by atoms with Gasteiger partial charge in [-0.1, -0.05) is 30.3 Å². The van der Waals surface area contributed by atoms with Gasteiger partial charge in [-0.3, -0.25) is 4.79 Å². The molecular formula is C19H16N2O5S. The molecule has 138 valence electrons. The van der Waals surface area contributed by atoms with Gasteiger partial charge in [-0.2, -0.15) is 5.10 Å². The lowest BCUT2D eigenvalue weighted by Crippen LogP contribution is -2.16. The summed E-state index contributed by atoms with van der Waals surface area (Å²) in [7, 11) is -3.56. The Kier molecular flexibility index (Phi) is 5.37. The summed E-state index contributed by atoms with van der Waals surface area (Å²) in [5, 5.41) is 13.1. The van der Waals surface area contributed by atoms with Crippen LogP contribution in [-0.4, -0.2) is 25.6 Å². The molecule has 7 nitrogen and oxygen atoms in total. The van der Waals surface area contributed by atoms with Crippen molar-refractivity contribution in [3.8, 4) is 5.75 Å². The Morgan fingerprint density at radius 3 is 2.59 bits per heavy atom. The fourth-order valence-electron chi connectivity index (χ4n) is 2.30. The van der Waals surface area contributed by atoms with E-state index in [1.165, 1.54) is 42.6 Å². The molecule has 1 amide bonds. The monoisotopic (exact) mass is 384 g/mol. The predicted octanol–water partition coefficient (Wildman–Crippen LogP) is 2.72. The second-order valence-electron chi connectivity index (χ2n) is 5.63. The largest absolute Gasteiger partial charge is 0.508 e. The number of aromatic hydroxyl groups is 1. The van der Waals surface area contributed by atoms with Crippen LogP contribution in [-0.2, 0) is 15.6 Å². The molecule has 27 heavy (non-hydrogen) atoms. The molecule has 0 aliphatic carbocycles. The lowest BCUT2D eigenvalue weighted by molar-refractivity contribution is 0.0926. The van der Waals surface area contributed by atoms with Crippen LogP contribution in [0.15, 0.2) is 81.1 Å². The smallest absolute Gasteiger partial charge is 0.307 e. The fraction of sp³-hybridized carbons (Fsp3) is 0.0526. The van der Waals surface area contributed by atoms with E-state index in [0.29, 0.717) is 5.56 Å². The van der Waals surface area contributed by atoms with Crippen molar-refractivity contribution in [2.75, 3.05) is 0 Å². The van der Waals surface area contributed by atoms with Gasteiger partial charge < -0.3 is 9.52 Å². The summed E-state index contributed by atoms with van der Waals surface area (Å²) in [6.07, 6.45) is 1.36. The van der Waals surface area contributed by atoms with Crippen LogP contribution < -0.4 is 5.43 Å². The van der Waals surface area contributed by atoms with Crippen molar-refractivity contribution in [1.82, 2.24) is 5.43 Å². The highest BCUT2D eigenvalue weighted by molar-refractivity contribution is 7.90. The standard InChI is InChI=1S/C19H16N2O5S/c22-15-6-4-5-14(11-15)12-20-21-19(23)18-10-9-16(26-18)13-27(24,25)17-7-2-1-3-8-17/h1-12,22H,13H2,(H,21,23)/b20-12-. The minimum Gasteiger partial charge on any atom is -0.508 e. The van der Waals surface area contributed by atoms with Crippen LogP contribution in [0.3, 0.4) is 0 Å². The van der Waals surface area contributed by atoms with Crippen LogP contribution in [0, 0.1) is 0 Å². The summed E-state index contributed by atoms with van der Waals surface area (Å²) >= 11 is 0. The molecule has 0 spiro atoms. The summed E-state index contributed by atoms with van der Waals surface area (Å²) in [4.78, 5) is 12.2. The van der Waals surface area contributed by atoms with Gasteiger partial charge in [-0.05, 0) is 42.0 Å². The quantitative estimate of drug-likeness (QED) is 0.502. The zero-order valence-electron chi connectivity index (χ0n) is 14.1. The molecule has 0 bridgehead atoms. The topological polar surface area (TPSA) is 109 Å². The van der Waals surface area contributed by atoms with Gasteiger partial charge in [0.05, 0.1) is 11.1 Å². The minimum absolute atomic E-state index is 0.0543. The highest BCUT2D eigenvalue weighted by Gasteiger charge is 2.19. The minimum atomic E-state index is -3.56. The molecule has 0 fully saturated rings. The molecule has 0 saturated heterocycles. The Morgan fingerprint density at radius 1 is 1.07 bits per heavy atom.